The number of anilines is 1. The zero-order valence-corrected chi connectivity index (χ0v) is 9.31. The standard InChI is InChI=1S/C10H17N5O/c1-2-3-7(6-11)15-10-8(9(12)16)13-4-5-14-10/h4-5,7H,2-3,6,11H2,1H3,(H2,12,16)(H,14,15). The molecule has 88 valence electrons. The third-order valence-electron chi connectivity index (χ3n) is 2.19. The summed E-state index contributed by atoms with van der Waals surface area (Å²) in [6, 6.07) is 0.0831. The van der Waals surface area contributed by atoms with Crippen molar-refractivity contribution in [3.05, 3.63) is 18.1 Å². The molecule has 1 heterocycles. The molecule has 0 spiro atoms. The normalized spacial score (nSPS) is 12.1. The van der Waals surface area contributed by atoms with Crippen molar-refractivity contribution in [2.45, 2.75) is 25.8 Å². The minimum Gasteiger partial charge on any atom is -0.364 e. The van der Waals surface area contributed by atoms with Gasteiger partial charge in [-0.15, -0.1) is 0 Å². The molecule has 0 saturated carbocycles. The van der Waals surface area contributed by atoms with Crippen LogP contribution in [0.1, 0.15) is 30.3 Å². The number of nitrogens with two attached hydrogens (primary N) is 2. The van der Waals surface area contributed by atoms with E-state index in [-0.39, 0.29) is 11.7 Å². The van der Waals surface area contributed by atoms with Crippen LogP contribution in [0.3, 0.4) is 0 Å². The lowest BCUT2D eigenvalue weighted by Crippen LogP contribution is -2.30. The molecule has 0 aromatic carbocycles. The predicted octanol–water partition coefficient (Wildman–Crippen LogP) is 0.115. The van der Waals surface area contributed by atoms with E-state index in [1.807, 2.05) is 0 Å². The molecule has 1 unspecified atom stereocenters. The number of hydrogen-bond donors (Lipinski definition) is 3. The van der Waals surface area contributed by atoms with E-state index in [9.17, 15) is 4.79 Å². The summed E-state index contributed by atoms with van der Waals surface area (Å²) in [5.74, 6) is -0.193. The third kappa shape index (κ3) is 3.16. The first-order valence-electron chi connectivity index (χ1n) is 5.26. The number of hydrogen-bond acceptors (Lipinski definition) is 5. The summed E-state index contributed by atoms with van der Waals surface area (Å²) in [6.07, 6.45) is 4.85. The number of nitrogens with zero attached hydrogens (tertiary/aromatic N) is 2. The van der Waals surface area contributed by atoms with Gasteiger partial charge in [-0.3, -0.25) is 4.79 Å². The SMILES string of the molecule is CCCC(CN)Nc1nccnc1C(N)=O. The Morgan fingerprint density at radius 1 is 1.50 bits per heavy atom. The Hall–Kier alpha value is -1.69. The van der Waals surface area contributed by atoms with E-state index in [1.165, 1.54) is 12.4 Å². The van der Waals surface area contributed by atoms with E-state index in [0.717, 1.165) is 12.8 Å². The Kier molecular flexibility index (Phi) is 4.65. The van der Waals surface area contributed by atoms with Crippen molar-refractivity contribution in [2.75, 3.05) is 11.9 Å². The number of aromatic nitrogens is 2. The maximum Gasteiger partial charge on any atom is 0.271 e. The number of rotatable bonds is 6. The Morgan fingerprint density at radius 2 is 2.19 bits per heavy atom. The number of carbonyl (C=O) groups excluding carboxylic acids is 1. The first kappa shape index (κ1) is 12.4. The summed E-state index contributed by atoms with van der Waals surface area (Å²) in [5, 5.41) is 3.08. The fourth-order valence-corrected chi connectivity index (χ4v) is 1.41. The van der Waals surface area contributed by atoms with E-state index in [2.05, 4.69) is 22.2 Å². The second-order valence-electron chi connectivity index (χ2n) is 3.48. The zero-order chi connectivity index (χ0) is 12.0. The van der Waals surface area contributed by atoms with Crippen molar-refractivity contribution < 1.29 is 4.79 Å². The van der Waals surface area contributed by atoms with Crippen LogP contribution >= 0.6 is 0 Å². The van der Waals surface area contributed by atoms with Gasteiger partial charge in [0.25, 0.3) is 5.91 Å². The second kappa shape index (κ2) is 6.02. The molecule has 1 aromatic heterocycles. The third-order valence-corrected chi connectivity index (χ3v) is 2.19. The van der Waals surface area contributed by atoms with Gasteiger partial charge in [-0.25, -0.2) is 9.97 Å². The van der Waals surface area contributed by atoms with Crippen molar-refractivity contribution in [2.24, 2.45) is 11.5 Å². The lowest BCUT2D eigenvalue weighted by Gasteiger charge is -2.17. The fourth-order valence-electron chi connectivity index (χ4n) is 1.41. The van der Waals surface area contributed by atoms with Gasteiger partial charge in [0.05, 0.1) is 0 Å². The maximum atomic E-state index is 11.1. The molecule has 0 aliphatic heterocycles. The molecule has 1 amide bonds. The first-order valence-corrected chi connectivity index (χ1v) is 5.26. The van der Waals surface area contributed by atoms with E-state index < -0.39 is 5.91 Å². The van der Waals surface area contributed by atoms with E-state index in [1.54, 1.807) is 0 Å². The number of carbonyl (C=O) groups is 1. The largest absolute Gasteiger partial charge is 0.364 e. The average molecular weight is 223 g/mol. The van der Waals surface area contributed by atoms with Crippen molar-refractivity contribution in [3.8, 4) is 0 Å². The van der Waals surface area contributed by atoms with Gasteiger partial charge in [-0.1, -0.05) is 13.3 Å². The Morgan fingerprint density at radius 3 is 2.75 bits per heavy atom. The van der Waals surface area contributed by atoms with Gasteiger partial charge >= 0.3 is 0 Å². The molecule has 6 heteroatoms. The highest BCUT2D eigenvalue weighted by molar-refractivity contribution is 5.95. The predicted molar refractivity (Wildman–Crippen MR) is 61.9 cm³/mol. The number of nitrogens with one attached hydrogen (secondary N) is 1. The minimum atomic E-state index is -0.595. The molecule has 0 saturated heterocycles. The van der Waals surface area contributed by atoms with Crippen molar-refractivity contribution in [1.29, 1.82) is 0 Å². The average Bonchev–Trinajstić information content (AvgIpc) is 2.29. The van der Waals surface area contributed by atoms with Gasteiger partial charge in [0.1, 0.15) is 0 Å². The number of primary amides is 1. The van der Waals surface area contributed by atoms with E-state index >= 15 is 0 Å². The Labute approximate surface area is 94.5 Å². The van der Waals surface area contributed by atoms with Crippen molar-refractivity contribution in [3.63, 3.8) is 0 Å². The quantitative estimate of drug-likeness (QED) is 0.634. The van der Waals surface area contributed by atoms with Crippen LogP contribution in [0.25, 0.3) is 0 Å². The van der Waals surface area contributed by atoms with Gasteiger partial charge < -0.3 is 16.8 Å². The summed E-state index contributed by atoms with van der Waals surface area (Å²) in [6.45, 7) is 2.54. The summed E-state index contributed by atoms with van der Waals surface area (Å²) in [5.41, 5.74) is 10.9. The molecular formula is C10H17N5O. The van der Waals surface area contributed by atoms with Crippen LogP contribution < -0.4 is 16.8 Å². The molecule has 0 aliphatic carbocycles. The molecule has 0 fully saturated rings. The molecule has 0 radical (unpaired) electrons. The first-order chi connectivity index (χ1) is 7.69. The van der Waals surface area contributed by atoms with Crippen LogP contribution in [-0.2, 0) is 0 Å². The summed E-state index contributed by atoms with van der Waals surface area (Å²) < 4.78 is 0. The van der Waals surface area contributed by atoms with Crippen molar-refractivity contribution >= 4 is 11.7 Å². The molecule has 5 N–H and O–H groups in total. The van der Waals surface area contributed by atoms with Crippen LogP contribution in [0.5, 0.6) is 0 Å². The topological polar surface area (TPSA) is 107 Å². The van der Waals surface area contributed by atoms with E-state index in [0.29, 0.717) is 12.4 Å². The molecule has 16 heavy (non-hydrogen) atoms. The van der Waals surface area contributed by atoms with Crippen LogP contribution in [0, 0.1) is 0 Å². The van der Waals surface area contributed by atoms with Gasteiger partial charge in [0, 0.05) is 25.0 Å². The summed E-state index contributed by atoms with van der Waals surface area (Å²) >= 11 is 0. The summed E-state index contributed by atoms with van der Waals surface area (Å²) in [4.78, 5) is 19.0. The van der Waals surface area contributed by atoms with E-state index in [4.69, 9.17) is 11.5 Å². The fraction of sp³-hybridized carbons (Fsp3) is 0.500. The number of amides is 1. The summed E-state index contributed by atoms with van der Waals surface area (Å²) in [7, 11) is 0. The molecule has 0 aliphatic rings. The Balaban J connectivity index is 2.82. The highest BCUT2D eigenvalue weighted by atomic mass is 16.1. The van der Waals surface area contributed by atoms with Crippen LogP contribution in [0.15, 0.2) is 12.4 Å². The molecule has 6 nitrogen and oxygen atoms in total. The monoisotopic (exact) mass is 223 g/mol. The molecule has 1 rings (SSSR count). The highest BCUT2D eigenvalue weighted by Gasteiger charge is 2.13. The molecule has 1 atom stereocenters. The van der Waals surface area contributed by atoms with Crippen LogP contribution in [0.4, 0.5) is 5.82 Å². The molecule has 0 bridgehead atoms. The molecule has 1 aromatic rings. The molecular weight excluding hydrogens is 206 g/mol. The van der Waals surface area contributed by atoms with Crippen LogP contribution in [-0.4, -0.2) is 28.5 Å². The Bertz CT molecular complexity index is 355. The van der Waals surface area contributed by atoms with Gasteiger partial charge in [-0.2, -0.15) is 0 Å². The van der Waals surface area contributed by atoms with Crippen LogP contribution in [0.2, 0.25) is 0 Å². The van der Waals surface area contributed by atoms with Gasteiger partial charge in [0.15, 0.2) is 11.5 Å². The zero-order valence-electron chi connectivity index (χ0n) is 9.31. The highest BCUT2D eigenvalue weighted by Crippen LogP contribution is 2.10. The minimum absolute atomic E-state index is 0.0831. The van der Waals surface area contributed by atoms with Gasteiger partial charge in [0.2, 0.25) is 0 Å². The second-order valence-corrected chi connectivity index (χ2v) is 3.48. The van der Waals surface area contributed by atoms with Gasteiger partial charge in [-0.05, 0) is 6.42 Å². The smallest absolute Gasteiger partial charge is 0.271 e. The van der Waals surface area contributed by atoms with Crippen molar-refractivity contribution in [1.82, 2.24) is 9.97 Å². The maximum absolute atomic E-state index is 11.1. The lowest BCUT2D eigenvalue weighted by molar-refractivity contribution is 0.0996. The lowest BCUT2D eigenvalue weighted by atomic mass is 10.1.